The first-order valence-electron chi connectivity index (χ1n) is 5.62. The fourth-order valence-corrected chi connectivity index (χ4v) is 1.73. The number of ketones is 1. The summed E-state index contributed by atoms with van der Waals surface area (Å²) < 4.78 is 36.9. The zero-order valence-corrected chi connectivity index (χ0v) is 11.7. The van der Waals surface area contributed by atoms with Crippen LogP contribution in [0.5, 0.6) is 11.8 Å². The van der Waals surface area contributed by atoms with Crippen molar-refractivity contribution < 1.29 is 23.0 Å². The molecule has 0 amide bonds. The highest BCUT2D eigenvalue weighted by molar-refractivity contribution is 6.30. The Hall–Kier alpha value is -2.28. The van der Waals surface area contributed by atoms with E-state index < -0.39 is 28.0 Å². The summed E-state index contributed by atoms with van der Waals surface area (Å²) in [5.41, 5.74) is -0.784. The molecule has 0 fully saturated rings. The fourth-order valence-electron chi connectivity index (χ4n) is 1.58. The van der Waals surface area contributed by atoms with Gasteiger partial charge in [0, 0.05) is 0 Å². The molecule has 8 heteroatoms. The van der Waals surface area contributed by atoms with Crippen LogP contribution in [0.3, 0.4) is 0 Å². The second kappa shape index (κ2) is 6.01. The van der Waals surface area contributed by atoms with Gasteiger partial charge in [-0.25, -0.2) is 13.8 Å². The smallest absolute Gasteiger partial charge is 0.247 e. The summed E-state index contributed by atoms with van der Waals surface area (Å²) in [4.78, 5) is 19.9. The average molecular weight is 315 g/mol. The van der Waals surface area contributed by atoms with E-state index in [9.17, 15) is 13.6 Å². The van der Waals surface area contributed by atoms with E-state index in [2.05, 4.69) is 9.97 Å². The number of carbonyl (C=O) groups excluding carboxylic acids is 1. The summed E-state index contributed by atoms with van der Waals surface area (Å²) >= 11 is 5.44. The number of ether oxygens (including phenoxy) is 2. The number of hydrogen-bond acceptors (Lipinski definition) is 5. The SMILES string of the molecule is COc1cnc(C(=O)c2cc(F)c(Cl)cc2F)c(OC)n1. The molecule has 21 heavy (non-hydrogen) atoms. The molecule has 0 aliphatic rings. The summed E-state index contributed by atoms with van der Waals surface area (Å²) in [7, 11) is 2.62. The molecule has 2 aromatic rings. The van der Waals surface area contributed by atoms with Gasteiger partial charge in [-0.3, -0.25) is 4.79 Å². The van der Waals surface area contributed by atoms with E-state index in [0.717, 1.165) is 0 Å². The van der Waals surface area contributed by atoms with Gasteiger partial charge in [-0.1, -0.05) is 11.6 Å². The quantitative estimate of drug-likeness (QED) is 0.641. The van der Waals surface area contributed by atoms with Crippen LogP contribution in [0.15, 0.2) is 18.3 Å². The molecule has 0 bridgehead atoms. The first kappa shape index (κ1) is 15.1. The maximum Gasteiger partial charge on any atom is 0.247 e. The van der Waals surface area contributed by atoms with E-state index in [-0.39, 0.29) is 17.5 Å². The standard InChI is InChI=1S/C13H9ClF2N2O3/c1-20-10-5-17-11(13(18-10)21-2)12(19)6-3-9(16)7(14)4-8(6)15/h3-5H,1-2H3. The van der Waals surface area contributed by atoms with Crippen LogP contribution >= 0.6 is 11.6 Å². The molecule has 110 valence electrons. The number of rotatable bonds is 4. The van der Waals surface area contributed by atoms with Gasteiger partial charge in [-0.15, -0.1) is 0 Å². The highest BCUT2D eigenvalue weighted by Crippen LogP contribution is 2.24. The normalized spacial score (nSPS) is 10.3. The molecule has 0 spiro atoms. The third-order valence-electron chi connectivity index (χ3n) is 2.59. The Balaban J connectivity index is 2.52. The predicted octanol–water partition coefficient (Wildman–Crippen LogP) is 2.66. The van der Waals surface area contributed by atoms with E-state index >= 15 is 0 Å². The van der Waals surface area contributed by atoms with E-state index in [1.165, 1.54) is 20.4 Å². The van der Waals surface area contributed by atoms with E-state index in [4.69, 9.17) is 21.1 Å². The Morgan fingerprint density at radius 3 is 2.52 bits per heavy atom. The Morgan fingerprint density at radius 2 is 1.90 bits per heavy atom. The van der Waals surface area contributed by atoms with Crippen LogP contribution in [0.2, 0.25) is 5.02 Å². The molecule has 0 aliphatic carbocycles. The van der Waals surface area contributed by atoms with Crippen molar-refractivity contribution in [1.29, 1.82) is 0 Å². The number of hydrogen-bond donors (Lipinski definition) is 0. The maximum absolute atomic E-state index is 13.8. The van der Waals surface area contributed by atoms with Crippen LogP contribution in [0.4, 0.5) is 8.78 Å². The first-order valence-corrected chi connectivity index (χ1v) is 6.00. The molecule has 0 N–H and O–H groups in total. The fraction of sp³-hybridized carbons (Fsp3) is 0.154. The molecule has 1 aromatic carbocycles. The Kier molecular flexibility index (Phi) is 4.32. The van der Waals surface area contributed by atoms with E-state index in [1.807, 2.05) is 0 Å². The number of aromatic nitrogens is 2. The van der Waals surface area contributed by atoms with Crippen molar-refractivity contribution in [2.45, 2.75) is 0 Å². The zero-order valence-electron chi connectivity index (χ0n) is 11.0. The van der Waals surface area contributed by atoms with Crippen LogP contribution in [0.1, 0.15) is 16.1 Å². The highest BCUT2D eigenvalue weighted by atomic mass is 35.5. The van der Waals surface area contributed by atoms with Gasteiger partial charge < -0.3 is 9.47 Å². The Bertz CT molecular complexity index is 710. The molecule has 0 unspecified atom stereocenters. The van der Waals surface area contributed by atoms with Crippen molar-refractivity contribution in [1.82, 2.24) is 9.97 Å². The molecule has 1 aromatic heterocycles. The number of methoxy groups -OCH3 is 2. The lowest BCUT2D eigenvalue weighted by atomic mass is 10.1. The van der Waals surface area contributed by atoms with Gasteiger partial charge >= 0.3 is 0 Å². The first-order chi connectivity index (χ1) is 9.97. The van der Waals surface area contributed by atoms with Gasteiger partial charge in [0.15, 0.2) is 5.69 Å². The third kappa shape index (κ3) is 2.92. The monoisotopic (exact) mass is 314 g/mol. The lowest BCUT2D eigenvalue weighted by Crippen LogP contribution is -2.11. The number of benzene rings is 1. The van der Waals surface area contributed by atoms with E-state index in [1.54, 1.807) is 0 Å². The summed E-state index contributed by atoms with van der Waals surface area (Å²) in [6, 6.07) is 1.42. The lowest BCUT2D eigenvalue weighted by molar-refractivity contribution is 0.102. The number of carbonyl (C=O) groups is 1. The van der Waals surface area contributed by atoms with Gasteiger partial charge in [0.25, 0.3) is 0 Å². The maximum atomic E-state index is 13.8. The van der Waals surface area contributed by atoms with Gasteiger partial charge in [-0.05, 0) is 12.1 Å². The summed E-state index contributed by atoms with van der Waals surface area (Å²) in [5.74, 6) is -2.80. The van der Waals surface area contributed by atoms with Crippen molar-refractivity contribution in [2.75, 3.05) is 14.2 Å². The van der Waals surface area contributed by atoms with Gasteiger partial charge in [0.1, 0.15) is 11.6 Å². The molecule has 2 rings (SSSR count). The van der Waals surface area contributed by atoms with Crippen LogP contribution < -0.4 is 9.47 Å². The second-order valence-corrected chi connectivity index (χ2v) is 4.25. The molecule has 1 heterocycles. The average Bonchev–Trinajstić information content (AvgIpc) is 2.49. The van der Waals surface area contributed by atoms with Crippen molar-refractivity contribution in [3.8, 4) is 11.8 Å². The molecule has 5 nitrogen and oxygen atoms in total. The highest BCUT2D eigenvalue weighted by Gasteiger charge is 2.23. The molecular weight excluding hydrogens is 306 g/mol. The van der Waals surface area contributed by atoms with Crippen molar-refractivity contribution in [3.05, 3.63) is 46.2 Å². The molecular formula is C13H9ClF2N2O3. The van der Waals surface area contributed by atoms with E-state index in [0.29, 0.717) is 12.1 Å². The lowest BCUT2D eigenvalue weighted by Gasteiger charge is -2.08. The minimum absolute atomic E-state index is 0.117. The minimum atomic E-state index is -0.967. The van der Waals surface area contributed by atoms with Crippen LogP contribution in [0.25, 0.3) is 0 Å². The van der Waals surface area contributed by atoms with Crippen molar-refractivity contribution >= 4 is 17.4 Å². The van der Waals surface area contributed by atoms with Crippen LogP contribution in [0, 0.1) is 11.6 Å². The second-order valence-electron chi connectivity index (χ2n) is 3.85. The van der Waals surface area contributed by atoms with Crippen molar-refractivity contribution in [3.63, 3.8) is 0 Å². The van der Waals surface area contributed by atoms with Crippen LogP contribution in [-0.2, 0) is 0 Å². The third-order valence-corrected chi connectivity index (χ3v) is 2.88. The molecule has 0 saturated heterocycles. The summed E-state index contributed by atoms with van der Waals surface area (Å²) in [6.45, 7) is 0. The largest absolute Gasteiger partial charge is 0.480 e. The summed E-state index contributed by atoms with van der Waals surface area (Å²) in [5, 5.41) is -0.420. The molecule has 0 saturated carbocycles. The minimum Gasteiger partial charge on any atom is -0.480 e. The molecule has 0 aliphatic heterocycles. The van der Waals surface area contributed by atoms with Gasteiger partial charge in [-0.2, -0.15) is 4.98 Å². The summed E-state index contributed by atoms with van der Waals surface area (Å²) in [6.07, 6.45) is 1.17. The van der Waals surface area contributed by atoms with Gasteiger partial charge in [0.2, 0.25) is 17.5 Å². The van der Waals surface area contributed by atoms with Gasteiger partial charge in [0.05, 0.1) is 31.0 Å². The van der Waals surface area contributed by atoms with Crippen molar-refractivity contribution in [2.24, 2.45) is 0 Å². The Labute approximate surface area is 123 Å². The Morgan fingerprint density at radius 1 is 1.19 bits per heavy atom. The van der Waals surface area contributed by atoms with Crippen LogP contribution in [-0.4, -0.2) is 30.0 Å². The zero-order chi connectivity index (χ0) is 15.6. The number of halogens is 3. The molecule has 0 atom stereocenters. The molecule has 0 radical (unpaired) electrons. The number of nitrogens with zero attached hydrogens (tertiary/aromatic N) is 2. The predicted molar refractivity (Wildman–Crippen MR) is 69.9 cm³/mol. The topological polar surface area (TPSA) is 61.3 Å².